The second-order valence-corrected chi connectivity index (χ2v) is 4.17. The van der Waals surface area contributed by atoms with Crippen LogP contribution in [0.5, 0.6) is 0 Å². The van der Waals surface area contributed by atoms with Gasteiger partial charge >= 0.3 is 0 Å². The normalized spacial score (nSPS) is 9.47. The van der Waals surface area contributed by atoms with Crippen LogP contribution in [0.15, 0.2) is 16.6 Å². The van der Waals surface area contributed by atoms with E-state index < -0.39 is 0 Å². The summed E-state index contributed by atoms with van der Waals surface area (Å²) in [5, 5.41) is 11.6. The van der Waals surface area contributed by atoms with Gasteiger partial charge in [-0.05, 0) is 40.5 Å². The molecule has 0 radical (unpaired) electrons. The Morgan fingerprint density at radius 3 is 2.93 bits per heavy atom. The van der Waals surface area contributed by atoms with Crippen molar-refractivity contribution in [2.75, 3.05) is 5.32 Å². The summed E-state index contributed by atoms with van der Waals surface area (Å²) in [6.07, 6.45) is -0.168. The van der Waals surface area contributed by atoms with Crippen molar-refractivity contribution < 1.29 is 4.79 Å². The van der Waals surface area contributed by atoms with E-state index in [1.165, 1.54) is 0 Å². The number of carbonyl (C=O) groups is 1. The summed E-state index contributed by atoms with van der Waals surface area (Å²) in [5.41, 5.74) is 1.39. The monoisotopic (exact) mass is 286 g/mol. The Labute approximate surface area is 101 Å². The van der Waals surface area contributed by atoms with Crippen molar-refractivity contribution in [3.63, 3.8) is 0 Å². The van der Waals surface area contributed by atoms with Crippen molar-refractivity contribution in [3.05, 3.63) is 27.2 Å². The van der Waals surface area contributed by atoms with Crippen molar-refractivity contribution in [2.45, 2.75) is 13.3 Å². The summed E-state index contributed by atoms with van der Waals surface area (Å²) in [7, 11) is 0. The number of hydrogen-bond donors (Lipinski definition) is 1. The number of anilines is 1. The van der Waals surface area contributed by atoms with Gasteiger partial charge in [0.25, 0.3) is 0 Å². The standard InChI is InChI=1S/C10H8BrClN2O/c1-6-8(12)3-2-7(11)10(6)14-9(15)4-5-13/h2-3H,4H2,1H3,(H,14,15). The van der Waals surface area contributed by atoms with Crippen LogP contribution >= 0.6 is 27.5 Å². The minimum Gasteiger partial charge on any atom is -0.324 e. The van der Waals surface area contributed by atoms with Crippen LogP contribution in [0.4, 0.5) is 5.69 Å². The number of halogens is 2. The molecule has 1 aromatic carbocycles. The third-order valence-corrected chi connectivity index (χ3v) is 2.92. The van der Waals surface area contributed by atoms with Crippen LogP contribution in [-0.2, 0) is 4.79 Å². The third kappa shape index (κ3) is 2.95. The molecule has 0 aliphatic carbocycles. The lowest BCUT2D eigenvalue weighted by atomic mass is 10.2. The molecule has 0 atom stereocenters. The van der Waals surface area contributed by atoms with Crippen molar-refractivity contribution in [2.24, 2.45) is 0 Å². The molecule has 0 saturated heterocycles. The summed E-state index contributed by atoms with van der Waals surface area (Å²) in [5.74, 6) is -0.344. The fourth-order valence-electron chi connectivity index (χ4n) is 1.06. The number of rotatable bonds is 2. The highest BCUT2D eigenvalue weighted by atomic mass is 79.9. The first kappa shape index (κ1) is 12.0. The van der Waals surface area contributed by atoms with E-state index in [-0.39, 0.29) is 12.3 Å². The smallest absolute Gasteiger partial charge is 0.238 e. The van der Waals surface area contributed by atoms with Gasteiger partial charge in [0.15, 0.2) is 0 Å². The van der Waals surface area contributed by atoms with Crippen molar-refractivity contribution in [3.8, 4) is 6.07 Å². The van der Waals surface area contributed by atoms with Crippen LogP contribution in [0.3, 0.4) is 0 Å². The zero-order valence-electron chi connectivity index (χ0n) is 7.97. The highest BCUT2D eigenvalue weighted by molar-refractivity contribution is 9.10. The molecule has 1 rings (SSSR count). The molecule has 1 amide bonds. The Hall–Kier alpha value is -1.05. The Morgan fingerprint density at radius 2 is 2.33 bits per heavy atom. The van der Waals surface area contributed by atoms with Gasteiger partial charge in [0.05, 0.1) is 11.8 Å². The van der Waals surface area contributed by atoms with Gasteiger partial charge in [-0.25, -0.2) is 0 Å². The number of hydrogen-bond acceptors (Lipinski definition) is 2. The number of nitriles is 1. The van der Waals surface area contributed by atoms with E-state index in [4.69, 9.17) is 16.9 Å². The van der Waals surface area contributed by atoms with E-state index in [0.717, 1.165) is 10.0 Å². The van der Waals surface area contributed by atoms with E-state index in [9.17, 15) is 4.79 Å². The Bertz CT molecular complexity index is 440. The predicted octanol–water partition coefficient (Wildman–Crippen LogP) is 3.26. The zero-order valence-corrected chi connectivity index (χ0v) is 10.3. The number of nitrogens with zero attached hydrogens (tertiary/aromatic N) is 1. The quantitative estimate of drug-likeness (QED) is 0.907. The minimum absolute atomic E-state index is 0.168. The van der Waals surface area contributed by atoms with Gasteiger partial charge in [0.1, 0.15) is 6.42 Å². The average molecular weight is 288 g/mol. The number of amides is 1. The predicted molar refractivity (Wildman–Crippen MR) is 62.7 cm³/mol. The first-order chi connectivity index (χ1) is 7.06. The van der Waals surface area contributed by atoms with Crippen LogP contribution in [0.1, 0.15) is 12.0 Å². The number of carbonyl (C=O) groups excluding carboxylic acids is 1. The lowest BCUT2D eigenvalue weighted by molar-refractivity contribution is -0.115. The summed E-state index contributed by atoms with van der Waals surface area (Å²) in [6, 6.07) is 5.27. The van der Waals surface area contributed by atoms with Gasteiger partial charge in [0.2, 0.25) is 5.91 Å². The molecule has 15 heavy (non-hydrogen) atoms. The summed E-state index contributed by atoms with van der Waals surface area (Å²) >= 11 is 9.21. The molecule has 1 aromatic rings. The molecule has 0 saturated carbocycles. The summed E-state index contributed by atoms with van der Waals surface area (Å²) < 4.78 is 0.746. The molecule has 0 aliphatic rings. The van der Waals surface area contributed by atoms with Gasteiger partial charge in [-0.2, -0.15) is 5.26 Å². The van der Waals surface area contributed by atoms with Gasteiger partial charge in [0, 0.05) is 9.50 Å². The molecule has 0 spiro atoms. The van der Waals surface area contributed by atoms with Crippen LogP contribution in [-0.4, -0.2) is 5.91 Å². The van der Waals surface area contributed by atoms with Crippen LogP contribution in [0, 0.1) is 18.3 Å². The fourth-order valence-corrected chi connectivity index (χ4v) is 1.75. The zero-order chi connectivity index (χ0) is 11.4. The molecule has 0 bridgehead atoms. The Balaban J connectivity index is 3.00. The van der Waals surface area contributed by atoms with Gasteiger partial charge < -0.3 is 5.32 Å². The van der Waals surface area contributed by atoms with Crippen LogP contribution < -0.4 is 5.32 Å². The van der Waals surface area contributed by atoms with Crippen molar-refractivity contribution in [1.29, 1.82) is 5.26 Å². The number of nitrogens with one attached hydrogen (secondary N) is 1. The molecular formula is C10H8BrClN2O. The second kappa shape index (κ2) is 5.15. The van der Waals surface area contributed by atoms with Crippen molar-refractivity contribution >= 4 is 39.1 Å². The first-order valence-corrected chi connectivity index (χ1v) is 5.34. The van der Waals surface area contributed by atoms with Gasteiger partial charge in [-0.3, -0.25) is 4.79 Å². The molecule has 0 aliphatic heterocycles. The lowest BCUT2D eigenvalue weighted by Gasteiger charge is -2.10. The minimum atomic E-state index is -0.344. The second-order valence-electron chi connectivity index (χ2n) is 2.91. The Kier molecular flexibility index (Phi) is 4.13. The maximum Gasteiger partial charge on any atom is 0.238 e. The van der Waals surface area contributed by atoms with E-state index in [2.05, 4.69) is 21.2 Å². The van der Waals surface area contributed by atoms with Crippen LogP contribution in [0.25, 0.3) is 0 Å². The van der Waals surface area contributed by atoms with Crippen LogP contribution in [0.2, 0.25) is 5.02 Å². The SMILES string of the molecule is Cc1c(Cl)ccc(Br)c1NC(=O)CC#N. The highest BCUT2D eigenvalue weighted by Crippen LogP contribution is 2.31. The van der Waals surface area contributed by atoms with Gasteiger partial charge in [-0.1, -0.05) is 11.6 Å². The van der Waals surface area contributed by atoms with Gasteiger partial charge in [-0.15, -0.1) is 0 Å². The largest absolute Gasteiger partial charge is 0.324 e. The van der Waals surface area contributed by atoms with E-state index in [1.54, 1.807) is 25.1 Å². The molecule has 0 unspecified atom stereocenters. The van der Waals surface area contributed by atoms with Crippen molar-refractivity contribution in [1.82, 2.24) is 0 Å². The molecule has 0 heterocycles. The number of benzene rings is 1. The molecular weight excluding hydrogens is 279 g/mol. The maximum atomic E-state index is 11.2. The summed E-state index contributed by atoms with van der Waals surface area (Å²) in [4.78, 5) is 11.2. The third-order valence-electron chi connectivity index (χ3n) is 1.85. The first-order valence-electron chi connectivity index (χ1n) is 4.17. The molecule has 5 heteroatoms. The van der Waals surface area contributed by atoms with E-state index in [1.807, 2.05) is 0 Å². The van der Waals surface area contributed by atoms with E-state index in [0.29, 0.717) is 10.7 Å². The lowest BCUT2D eigenvalue weighted by Crippen LogP contribution is -2.11. The summed E-state index contributed by atoms with van der Waals surface area (Å²) in [6.45, 7) is 1.80. The molecule has 0 fully saturated rings. The molecule has 78 valence electrons. The highest BCUT2D eigenvalue weighted by Gasteiger charge is 2.10. The van der Waals surface area contributed by atoms with E-state index >= 15 is 0 Å². The maximum absolute atomic E-state index is 11.2. The fraction of sp³-hybridized carbons (Fsp3) is 0.200. The molecule has 0 aromatic heterocycles. The Morgan fingerprint density at radius 1 is 1.67 bits per heavy atom. The average Bonchev–Trinajstić information content (AvgIpc) is 2.19. The topological polar surface area (TPSA) is 52.9 Å². The molecule has 1 N–H and O–H groups in total. The molecule has 3 nitrogen and oxygen atoms in total.